The van der Waals surface area contributed by atoms with Crippen LogP contribution in [0.1, 0.15) is 47.8 Å². The topological polar surface area (TPSA) is 35.9 Å². The number of fused-ring (bicyclic) bond motifs is 16. The van der Waals surface area contributed by atoms with E-state index in [-0.39, 0.29) is 0 Å². The molecular formula is C50H33N3OS. The van der Waals surface area contributed by atoms with E-state index in [9.17, 15) is 0 Å². The standard InChI is InChI=1S/C50H33N3OS/c1-28-11-2-7-19-44-45(28)37-27-43(35-26-36(35)48(37)54-44)53-40-18-6-4-15-34(40)47-42(53)23-21-32-31-20-22-41-46(49(31)55-50(32)47)33-14-3-5-17-39(33)52(41)30-13-10-12-29(25-30)38-16-8-9-24-51-38/h2-25,27-28,35-36H,26H2,1H3. The summed E-state index contributed by atoms with van der Waals surface area (Å²) < 4.78 is 14.3. The Labute approximate surface area is 320 Å². The molecule has 3 atom stereocenters. The molecule has 0 saturated heterocycles. The summed E-state index contributed by atoms with van der Waals surface area (Å²) in [4.78, 5) is 4.65. The number of rotatable bonds is 3. The van der Waals surface area contributed by atoms with Gasteiger partial charge in [-0.15, -0.1) is 11.3 Å². The highest BCUT2D eigenvalue weighted by atomic mass is 32.1. The minimum absolute atomic E-state index is 0.300. The number of thiophene rings is 1. The fourth-order valence-electron chi connectivity index (χ4n) is 9.97. The summed E-state index contributed by atoms with van der Waals surface area (Å²) in [5, 5.41) is 7.89. The summed E-state index contributed by atoms with van der Waals surface area (Å²) in [6, 6.07) is 42.3. The maximum Gasteiger partial charge on any atom is 0.131 e. The van der Waals surface area contributed by atoms with Crippen LogP contribution in [0.25, 0.3) is 98.6 Å². The molecule has 5 aromatic carbocycles. The first-order chi connectivity index (χ1) is 27.2. The molecule has 1 saturated carbocycles. The van der Waals surface area contributed by atoms with Crippen molar-refractivity contribution in [3.05, 3.63) is 162 Å². The number of hydrogen-bond donors (Lipinski definition) is 0. The quantitative estimate of drug-likeness (QED) is 0.182. The minimum atomic E-state index is 0.300. The van der Waals surface area contributed by atoms with Gasteiger partial charge in [0.1, 0.15) is 11.5 Å². The number of aromatic nitrogens is 3. The lowest BCUT2D eigenvalue weighted by atomic mass is 9.92. The summed E-state index contributed by atoms with van der Waals surface area (Å²) in [5.41, 5.74) is 12.2. The van der Waals surface area contributed by atoms with Gasteiger partial charge in [0.2, 0.25) is 0 Å². The van der Waals surface area contributed by atoms with Crippen molar-refractivity contribution in [2.75, 3.05) is 0 Å². The predicted octanol–water partition coefficient (Wildman–Crippen LogP) is 13.7. The first-order valence-electron chi connectivity index (χ1n) is 19.3. The van der Waals surface area contributed by atoms with Crippen LogP contribution in [0.5, 0.6) is 0 Å². The Hall–Kier alpha value is -6.43. The van der Waals surface area contributed by atoms with Gasteiger partial charge in [0, 0.05) is 93.7 Å². The third kappa shape index (κ3) is 4.03. The molecule has 10 aromatic rings. The van der Waals surface area contributed by atoms with E-state index < -0.39 is 0 Å². The van der Waals surface area contributed by atoms with Gasteiger partial charge in [0.05, 0.1) is 27.8 Å². The monoisotopic (exact) mass is 723 g/mol. The summed E-state index contributed by atoms with van der Waals surface area (Å²) in [6.45, 7) is 2.29. The van der Waals surface area contributed by atoms with Crippen molar-refractivity contribution in [3.63, 3.8) is 0 Å². The molecule has 55 heavy (non-hydrogen) atoms. The molecule has 0 amide bonds. The maximum absolute atomic E-state index is 6.60. The van der Waals surface area contributed by atoms with E-state index in [1.807, 2.05) is 23.6 Å². The molecule has 0 radical (unpaired) electrons. The molecule has 0 N–H and O–H groups in total. The molecule has 0 aliphatic heterocycles. The van der Waals surface area contributed by atoms with E-state index in [0.717, 1.165) is 29.1 Å². The number of benzene rings is 5. The first-order valence-corrected chi connectivity index (χ1v) is 20.1. The van der Waals surface area contributed by atoms with Gasteiger partial charge in [0.15, 0.2) is 0 Å². The van der Waals surface area contributed by atoms with Crippen molar-refractivity contribution in [1.82, 2.24) is 14.1 Å². The van der Waals surface area contributed by atoms with Gasteiger partial charge in [-0.2, -0.15) is 0 Å². The highest BCUT2D eigenvalue weighted by Gasteiger charge is 2.49. The largest absolute Gasteiger partial charge is 0.460 e. The van der Waals surface area contributed by atoms with Crippen LogP contribution in [0.3, 0.4) is 0 Å². The second-order valence-corrected chi connectivity index (χ2v) is 16.5. The Kier molecular flexibility index (Phi) is 5.90. The van der Waals surface area contributed by atoms with Crippen LogP contribution >= 0.6 is 11.3 Å². The molecular weight excluding hydrogens is 691 g/mol. The van der Waals surface area contributed by atoms with E-state index in [0.29, 0.717) is 17.8 Å². The fourth-order valence-corrected chi connectivity index (χ4v) is 11.4. The molecule has 0 bridgehead atoms. The fraction of sp³-hybridized carbons (Fsp3) is 0.100. The molecule has 3 aliphatic rings. The zero-order valence-corrected chi connectivity index (χ0v) is 30.8. The van der Waals surface area contributed by atoms with Gasteiger partial charge in [-0.25, -0.2) is 0 Å². The lowest BCUT2D eigenvalue weighted by Gasteiger charge is -2.17. The van der Waals surface area contributed by atoms with E-state index in [2.05, 4.69) is 161 Å². The number of allylic oxidation sites excluding steroid dienone is 4. The van der Waals surface area contributed by atoms with Gasteiger partial charge in [0.25, 0.3) is 0 Å². The summed E-state index contributed by atoms with van der Waals surface area (Å²) in [6.07, 6.45) is 14.2. The van der Waals surface area contributed by atoms with E-state index in [1.54, 1.807) is 0 Å². The molecule has 5 heterocycles. The van der Waals surface area contributed by atoms with Crippen molar-refractivity contribution in [2.45, 2.75) is 25.2 Å². The van der Waals surface area contributed by atoms with Crippen LogP contribution in [0, 0.1) is 5.92 Å². The number of furan rings is 1. The molecule has 5 aromatic heterocycles. The second-order valence-electron chi connectivity index (χ2n) is 15.5. The van der Waals surface area contributed by atoms with Crippen LogP contribution in [-0.4, -0.2) is 14.1 Å². The first kappa shape index (κ1) is 30.0. The van der Waals surface area contributed by atoms with Crippen molar-refractivity contribution >= 4 is 93.0 Å². The van der Waals surface area contributed by atoms with Crippen molar-refractivity contribution in [3.8, 4) is 16.9 Å². The molecule has 260 valence electrons. The Morgan fingerprint density at radius 1 is 0.673 bits per heavy atom. The van der Waals surface area contributed by atoms with Gasteiger partial charge >= 0.3 is 0 Å². The highest BCUT2D eigenvalue weighted by Crippen LogP contribution is 2.61. The summed E-state index contributed by atoms with van der Waals surface area (Å²) >= 11 is 1.95. The van der Waals surface area contributed by atoms with E-state index in [4.69, 9.17) is 4.42 Å². The van der Waals surface area contributed by atoms with Gasteiger partial charge < -0.3 is 13.6 Å². The SMILES string of the molecule is CC1C=CC=Cc2oc3c(c21)C=C(n1c2ccccc2c2c4sc5c(ccc6c5c5ccccc5n6-c5cccc(-c6ccccn6)c5)c4ccc21)C1CC31. The Morgan fingerprint density at radius 3 is 2.16 bits per heavy atom. The maximum atomic E-state index is 6.60. The molecule has 4 nitrogen and oxygen atoms in total. The van der Waals surface area contributed by atoms with Crippen LogP contribution in [-0.2, 0) is 0 Å². The molecule has 1 fully saturated rings. The summed E-state index contributed by atoms with van der Waals surface area (Å²) in [7, 11) is 0. The second kappa shape index (κ2) is 10.8. The Morgan fingerprint density at radius 2 is 1.40 bits per heavy atom. The zero-order chi connectivity index (χ0) is 35.9. The highest BCUT2D eigenvalue weighted by molar-refractivity contribution is 7.27. The van der Waals surface area contributed by atoms with Gasteiger partial charge in [-0.05, 0) is 67.1 Å². The van der Waals surface area contributed by atoms with Crippen LogP contribution in [0.4, 0.5) is 0 Å². The van der Waals surface area contributed by atoms with Gasteiger partial charge in [-0.3, -0.25) is 4.98 Å². The lowest BCUT2D eigenvalue weighted by molar-refractivity contribution is 0.496. The smallest absolute Gasteiger partial charge is 0.131 e. The Bertz CT molecular complexity index is 3380. The average Bonchev–Trinajstić information content (AvgIpc) is 3.55. The zero-order valence-electron chi connectivity index (χ0n) is 30.0. The molecule has 13 rings (SSSR count). The normalized spacial score (nSPS) is 18.7. The third-order valence-corrected chi connectivity index (χ3v) is 13.7. The molecule has 5 heteroatoms. The van der Waals surface area contributed by atoms with E-state index in [1.165, 1.54) is 86.4 Å². The van der Waals surface area contributed by atoms with Crippen molar-refractivity contribution in [1.29, 1.82) is 0 Å². The number of para-hydroxylation sites is 2. The van der Waals surface area contributed by atoms with Crippen molar-refractivity contribution in [2.24, 2.45) is 5.92 Å². The lowest BCUT2D eigenvalue weighted by Crippen LogP contribution is -2.05. The van der Waals surface area contributed by atoms with E-state index >= 15 is 0 Å². The average molecular weight is 724 g/mol. The number of pyridine rings is 1. The molecule has 0 spiro atoms. The van der Waals surface area contributed by atoms with Gasteiger partial charge in [-0.1, -0.05) is 91.9 Å². The third-order valence-electron chi connectivity index (χ3n) is 12.5. The van der Waals surface area contributed by atoms with Crippen LogP contribution in [0.2, 0.25) is 0 Å². The van der Waals surface area contributed by atoms with Crippen LogP contribution < -0.4 is 0 Å². The van der Waals surface area contributed by atoms with Crippen molar-refractivity contribution < 1.29 is 4.42 Å². The predicted molar refractivity (Wildman–Crippen MR) is 230 cm³/mol. The number of hydrogen-bond acceptors (Lipinski definition) is 3. The molecule has 3 aliphatic carbocycles. The summed E-state index contributed by atoms with van der Waals surface area (Å²) in [5.74, 6) is 3.40. The molecule has 3 unspecified atom stereocenters. The Balaban J connectivity index is 1.07. The number of nitrogens with zero attached hydrogens (tertiary/aromatic N) is 3. The van der Waals surface area contributed by atoms with Crippen LogP contribution in [0.15, 0.2) is 144 Å². The minimum Gasteiger partial charge on any atom is -0.460 e.